The average Bonchev–Trinajstić information content (AvgIpc) is 3.15. The average molecular weight is 534 g/mol. The summed E-state index contributed by atoms with van der Waals surface area (Å²) >= 11 is 6.38. The molecule has 0 saturated carbocycles. The number of ketones is 1. The van der Waals surface area contributed by atoms with Gasteiger partial charge in [-0.3, -0.25) is 14.5 Å². The van der Waals surface area contributed by atoms with Gasteiger partial charge >= 0.3 is 5.97 Å². The molecule has 1 aliphatic heterocycles. The maximum atomic E-state index is 13.1. The van der Waals surface area contributed by atoms with Crippen LogP contribution >= 0.6 is 24.0 Å². The lowest BCUT2D eigenvalue weighted by atomic mass is 10.0. The van der Waals surface area contributed by atoms with E-state index in [9.17, 15) is 24.6 Å². The Morgan fingerprint density at radius 1 is 1.03 bits per heavy atom. The number of carbonyl (C=O) groups excluding carboxylic acids is 2. The zero-order chi connectivity index (χ0) is 26.5. The highest BCUT2D eigenvalue weighted by molar-refractivity contribution is 8.26. The number of hydrogen-bond acceptors (Lipinski definition) is 7. The number of carboxylic acid groups (broad SMARTS) is 1. The number of thiocarbonyl (C=S) groups is 1. The summed E-state index contributed by atoms with van der Waals surface area (Å²) in [6.45, 7) is 1.85. The lowest BCUT2D eigenvalue weighted by Crippen LogP contribution is -2.45. The fraction of sp³-hybridized carbons (Fsp3) is 0.143. The van der Waals surface area contributed by atoms with Crippen molar-refractivity contribution in [2.75, 3.05) is 6.61 Å². The number of Topliss-reactive ketones (excluding diaryl/α,β-unsaturated/α-hetero) is 1. The first-order chi connectivity index (χ1) is 17.7. The number of carbonyl (C=O) groups is 3. The molecule has 0 radical (unpaired) electrons. The van der Waals surface area contributed by atoms with E-state index in [1.54, 1.807) is 54.6 Å². The third kappa shape index (κ3) is 6.44. The van der Waals surface area contributed by atoms with Gasteiger partial charge in [-0.2, -0.15) is 0 Å². The molecule has 3 aromatic rings. The summed E-state index contributed by atoms with van der Waals surface area (Å²) in [5, 5.41) is 19.3. The standard InChI is InChI=1S/C28H23NO6S2/c1-17-2-8-20(9-3-17)24(31)16-35-22-12-6-19(7-13-22)15-25-26(32)29(28(36)37-25)23(27(33)34)14-18-4-10-21(30)11-5-18/h2-13,15,23,30H,14,16H2,1H3,(H,33,34)/b25-15-/t23-/m0/s1. The molecule has 0 unspecified atom stereocenters. The van der Waals surface area contributed by atoms with Crippen LogP contribution < -0.4 is 4.74 Å². The van der Waals surface area contributed by atoms with Crippen molar-refractivity contribution in [3.63, 3.8) is 0 Å². The molecule has 1 amide bonds. The van der Waals surface area contributed by atoms with E-state index in [1.807, 2.05) is 19.1 Å². The maximum Gasteiger partial charge on any atom is 0.327 e. The van der Waals surface area contributed by atoms with Crippen LogP contribution in [0.1, 0.15) is 27.0 Å². The highest BCUT2D eigenvalue weighted by atomic mass is 32.2. The van der Waals surface area contributed by atoms with E-state index in [0.29, 0.717) is 27.3 Å². The second-order valence-electron chi connectivity index (χ2n) is 8.42. The highest BCUT2D eigenvalue weighted by Gasteiger charge is 2.40. The van der Waals surface area contributed by atoms with Gasteiger partial charge in [-0.25, -0.2) is 4.79 Å². The van der Waals surface area contributed by atoms with Gasteiger partial charge in [0.2, 0.25) is 0 Å². The molecule has 7 nitrogen and oxygen atoms in total. The van der Waals surface area contributed by atoms with Crippen LogP contribution in [0.5, 0.6) is 11.5 Å². The summed E-state index contributed by atoms with van der Waals surface area (Å²) < 4.78 is 5.77. The SMILES string of the molecule is Cc1ccc(C(=O)COc2ccc(/C=C3\SC(=S)N([C@@H](Cc4ccc(O)cc4)C(=O)O)C3=O)cc2)cc1. The number of benzene rings is 3. The molecular formula is C28H23NO6S2. The predicted octanol–water partition coefficient (Wildman–Crippen LogP) is 4.86. The van der Waals surface area contributed by atoms with Crippen molar-refractivity contribution in [1.82, 2.24) is 4.90 Å². The molecular weight excluding hydrogens is 510 g/mol. The van der Waals surface area contributed by atoms with Crippen LogP contribution in [0.3, 0.4) is 0 Å². The van der Waals surface area contributed by atoms with Crippen LogP contribution in [0.15, 0.2) is 77.7 Å². The number of thioether (sulfide) groups is 1. The minimum absolute atomic E-state index is 0.0443. The number of hydrogen-bond donors (Lipinski definition) is 2. The second kappa shape index (κ2) is 11.4. The van der Waals surface area contributed by atoms with Gasteiger partial charge in [0.15, 0.2) is 12.4 Å². The molecule has 0 aliphatic carbocycles. The summed E-state index contributed by atoms with van der Waals surface area (Å²) in [6, 6.07) is 19.1. The van der Waals surface area contributed by atoms with Gasteiger partial charge in [0, 0.05) is 12.0 Å². The number of aryl methyl sites for hydroxylation is 1. The molecule has 1 aliphatic rings. The van der Waals surface area contributed by atoms with E-state index in [0.717, 1.165) is 22.2 Å². The maximum absolute atomic E-state index is 13.1. The Hall–Kier alpha value is -3.95. The number of amides is 1. The first-order valence-electron chi connectivity index (χ1n) is 11.3. The fourth-order valence-corrected chi connectivity index (χ4v) is 5.03. The molecule has 4 rings (SSSR count). The molecule has 1 saturated heterocycles. The van der Waals surface area contributed by atoms with E-state index in [2.05, 4.69) is 0 Å². The Balaban J connectivity index is 1.42. The van der Waals surface area contributed by atoms with E-state index in [4.69, 9.17) is 17.0 Å². The lowest BCUT2D eigenvalue weighted by molar-refractivity contribution is -0.145. The lowest BCUT2D eigenvalue weighted by Gasteiger charge is -2.23. The van der Waals surface area contributed by atoms with Crippen LogP contribution in [-0.4, -0.2) is 49.7 Å². The number of aromatic hydroxyl groups is 1. The molecule has 0 aromatic heterocycles. The second-order valence-corrected chi connectivity index (χ2v) is 10.1. The molecule has 3 aromatic carbocycles. The summed E-state index contributed by atoms with van der Waals surface area (Å²) in [5.74, 6) is -1.21. The summed E-state index contributed by atoms with van der Waals surface area (Å²) in [6.07, 6.45) is 1.68. The van der Waals surface area contributed by atoms with Gasteiger partial charge in [0.1, 0.15) is 21.9 Å². The first kappa shape index (κ1) is 26.1. The zero-order valence-corrected chi connectivity index (χ0v) is 21.4. The van der Waals surface area contributed by atoms with E-state index in [-0.39, 0.29) is 28.9 Å². The van der Waals surface area contributed by atoms with Crippen molar-refractivity contribution in [3.05, 3.63) is 100.0 Å². The largest absolute Gasteiger partial charge is 0.508 e. The molecule has 1 heterocycles. The van der Waals surface area contributed by atoms with Gasteiger partial charge in [0.25, 0.3) is 5.91 Å². The Bertz CT molecular complexity index is 1370. The van der Waals surface area contributed by atoms with Crippen molar-refractivity contribution < 1.29 is 29.3 Å². The number of ether oxygens (including phenoxy) is 1. The minimum Gasteiger partial charge on any atom is -0.508 e. The molecule has 37 heavy (non-hydrogen) atoms. The number of carboxylic acids is 1. The number of nitrogens with zero attached hydrogens (tertiary/aromatic N) is 1. The minimum atomic E-state index is -1.18. The first-order valence-corrected chi connectivity index (χ1v) is 12.5. The Kier molecular flexibility index (Phi) is 8.05. The Morgan fingerprint density at radius 3 is 2.30 bits per heavy atom. The smallest absolute Gasteiger partial charge is 0.327 e. The van der Waals surface area contributed by atoms with Crippen molar-refractivity contribution in [2.24, 2.45) is 0 Å². The van der Waals surface area contributed by atoms with Crippen LogP contribution in [0.2, 0.25) is 0 Å². The van der Waals surface area contributed by atoms with Crippen molar-refractivity contribution >= 4 is 52.0 Å². The summed E-state index contributed by atoms with van der Waals surface area (Å²) in [5.41, 5.74) is 3.00. The van der Waals surface area contributed by atoms with Gasteiger partial charge in [0.05, 0.1) is 4.91 Å². The third-order valence-corrected chi connectivity index (χ3v) is 7.04. The molecule has 1 fully saturated rings. The molecule has 188 valence electrons. The van der Waals surface area contributed by atoms with E-state index in [1.165, 1.54) is 12.1 Å². The van der Waals surface area contributed by atoms with E-state index >= 15 is 0 Å². The number of phenols is 1. The third-order valence-electron chi connectivity index (χ3n) is 5.71. The van der Waals surface area contributed by atoms with E-state index < -0.39 is 17.9 Å². The number of phenolic OH excluding ortho intramolecular Hbond substituents is 1. The number of aliphatic carboxylic acids is 1. The Labute approximate surface area is 223 Å². The Morgan fingerprint density at radius 2 is 1.68 bits per heavy atom. The van der Waals surface area contributed by atoms with Gasteiger partial charge < -0.3 is 14.9 Å². The van der Waals surface area contributed by atoms with Crippen LogP contribution in [0.25, 0.3) is 6.08 Å². The van der Waals surface area contributed by atoms with Crippen LogP contribution in [0, 0.1) is 6.92 Å². The normalized spacial score (nSPS) is 15.2. The van der Waals surface area contributed by atoms with Crippen LogP contribution in [-0.2, 0) is 16.0 Å². The molecule has 1 atom stereocenters. The summed E-state index contributed by atoms with van der Waals surface area (Å²) in [4.78, 5) is 38.8. The molecule has 9 heteroatoms. The van der Waals surface area contributed by atoms with Crippen molar-refractivity contribution in [3.8, 4) is 11.5 Å². The zero-order valence-electron chi connectivity index (χ0n) is 19.8. The van der Waals surface area contributed by atoms with Crippen LogP contribution in [0.4, 0.5) is 0 Å². The predicted molar refractivity (Wildman–Crippen MR) is 146 cm³/mol. The van der Waals surface area contributed by atoms with Gasteiger partial charge in [-0.1, -0.05) is 78.1 Å². The molecule has 2 N–H and O–H groups in total. The topological polar surface area (TPSA) is 104 Å². The van der Waals surface area contributed by atoms with Crippen molar-refractivity contribution in [2.45, 2.75) is 19.4 Å². The molecule has 0 bridgehead atoms. The highest BCUT2D eigenvalue weighted by Crippen LogP contribution is 2.35. The quantitative estimate of drug-likeness (QED) is 0.228. The molecule has 0 spiro atoms. The summed E-state index contributed by atoms with van der Waals surface area (Å²) in [7, 11) is 0. The number of rotatable bonds is 9. The monoisotopic (exact) mass is 533 g/mol. The fourth-order valence-electron chi connectivity index (χ4n) is 3.68. The van der Waals surface area contributed by atoms with Gasteiger partial charge in [-0.15, -0.1) is 0 Å². The van der Waals surface area contributed by atoms with Gasteiger partial charge in [-0.05, 0) is 48.4 Å². The van der Waals surface area contributed by atoms with Crippen molar-refractivity contribution in [1.29, 1.82) is 0 Å².